The summed E-state index contributed by atoms with van der Waals surface area (Å²) in [5, 5.41) is 0. The number of nitrogens with zero attached hydrogens (tertiary/aromatic N) is 2. The zero-order chi connectivity index (χ0) is 23.4. The molecule has 2 aromatic carbocycles. The summed E-state index contributed by atoms with van der Waals surface area (Å²) in [4.78, 5) is 16.7. The first-order valence-electron chi connectivity index (χ1n) is 12.6. The van der Waals surface area contributed by atoms with Gasteiger partial charge in [-0.1, -0.05) is 39.8 Å². The molecule has 0 fully saturated rings. The highest BCUT2D eigenvalue weighted by atomic mass is 16.5. The van der Waals surface area contributed by atoms with E-state index in [1.807, 2.05) is 6.20 Å². The Balaban J connectivity index is 1.37. The van der Waals surface area contributed by atoms with Gasteiger partial charge in [-0.2, -0.15) is 0 Å². The molecule has 34 heavy (non-hydrogen) atoms. The Bertz CT molecular complexity index is 1380. The number of imidazole rings is 2. The maximum Gasteiger partial charge on any atom is 0.128 e. The molecule has 0 radical (unpaired) electrons. The fourth-order valence-corrected chi connectivity index (χ4v) is 5.13. The molecule has 3 heterocycles. The van der Waals surface area contributed by atoms with Crippen molar-refractivity contribution >= 4 is 0 Å². The Morgan fingerprint density at radius 1 is 0.882 bits per heavy atom. The molecular weight excluding hydrogens is 420 g/mol. The normalized spacial score (nSPS) is 15.5. The van der Waals surface area contributed by atoms with E-state index in [1.165, 1.54) is 33.5 Å². The van der Waals surface area contributed by atoms with Gasteiger partial charge in [0.15, 0.2) is 0 Å². The van der Waals surface area contributed by atoms with Gasteiger partial charge in [-0.15, -0.1) is 0 Å². The first kappa shape index (κ1) is 21.2. The van der Waals surface area contributed by atoms with Crippen molar-refractivity contribution in [2.45, 2.75) is 71.8 Å². The lowest BCUT2D eigenvalue weighted by atomic mass is 9.86. The molecule has 0 amide bonds. The molecule has 2 aromatic heterocycles. The van der Waals surface area contributed by atoms with Gasteiger partial charge in [0.2, 0.25) is 0 Å². The third-order valence-corrected chi connectivity index (χ3v) is 7.75. The molecular formula is C29H32N4O. The third kappa shape index (κ3) is 3.37. The van der Waals surface area contributed by atoms with E-state index in [2.05, 4.69) is 73.0 Å². The lowest BCUT2D eigenvalue weighted by Crippen LogP contribution is -2.09. The Morgan fingerprint density at radius 2 is 1.71 bits per heavy atom. The van der Waals surface area contributed by atoms with Gasteiger partial charge in [-0.3, -0.25) is 0 Å². The predicted molar refractivity (Wildman–Crippen MR) is 136 cm³/mol. The first-order chi connectivity index (χ1) is 16.6. The Kier molecular flexibility index (Phi) is 5.09. The van der Waals surface area contributed by atoms with E-state index in [0.29, 0.717) is 18.4 Å². The minimum Gasteiger partial charge on any atom is -0.488 e. The van der Waals surface area contributed by atoms with Crippen molar-refractivity contribution in [2.75, 3.05) is 0 Å². The monoisotopic (exact) mass is 452 g/mol. The summed E-state index contributed by atoms with van der Waals surface area (Å²) in [6.07, 6.45) is 6.15. The summed E-state index contributed by atoms with van der Waals surface area (Å²) in [5.41, 5.74) is 10.9. The molecule has 2 unspecified atom stereocenters. The third-order valence-electron chi connectivity index (χ3n) is 7.75. The fourth-order valence-electron chi connectivity index (χ4n) is 5.13. The van der Waals surface area contributed by atoms with Crippen molar-refractivity contribution in [1.82, 2.24) is 19.9 Å². The van der Waals surface area contributed by atoms with Crippen LogP contribution in [0.1, 0.15) is 80.8 Å². The van der Waals surface area contributed by atoms with Crippen molar-refractivity contribution in [2.24, 2.45) is 0 Å². The van der Waals surface area contributed by atoms with E-state index in [1.54, 1.807) is 0 Å². The Morgan fingerprint density at radius 3 is 2.53 bits per heavy atom. The van der Waals surface area contributed by atoms with Crippen molar-refractivity contribution < 1.29 is 4.74 Å². The standard InChI is InChI=1S/C29H32N4O/c1-5-16(3)28-30-14-25(32-28)19-7-9-21-20(11-19)15-34-26-13-22-18(12-23(21)26)8-10-24-27(22)33-29(31-24)17(4)6-2/h7,9,11-14,16-17H,5-6,8,10,15H2,1-4H3,(H,30,32)(H,31,33). The highest BCUT2D eigenvalue weighted by Crippen LogP contribution is 2.44. The number of H-pyrrole nitrogens is 2. The molecule has 2 N–H and O–H groups in total. The van der Waals surface area contributed by atoms with Crippen LogP contribution in [-0.4, -0.2) is 19.9 Å². The summed E-state index contributed by atoms with van der Waals surface area (Å²) in [7, 11) is 0. The van der Waals surface area contributed by atoms with Crippen LogP contribution in [0.5, 0.6) is 5.75 Å². The molecule has 1 aliphatic heterocycles. The van der Waals surface area contributed by atoms with Gasteiger partial charge >= 0.3 is 0 Å². The maximum absolute atomic E-state index is 6.29. The second-order valence-electron chi connectivity index (χ2n) is 9.92. The fraction of sp³-hybridized carbons (Fsp3) is 0.379. The number of rotatable bonds is 5. The van der Waals surface area contributed by atoms with Crippen molar-refractivity contribution in [3.63, 3.8) is 0 Å². The lowest BCUT2D eigenvalue weighted by Gasteiger charge is -2.25. The van der Waals surface area contributed by atoms with E-state index < -0.39 is 0 Å². The van der Waals surface area contributed by atoms with Crippen LogP contribution in [0, 0.1) is 0 Å². The van der Waals surface area contributed by atoms with Crippen LogP contribution in [0.3, 0.4) is 0 Å². The van der Waals surface area contributed by atoms with Gasteiger partial charge in [0.25, 0.3) is 0 Å². The van der Waals surface area contributed by atoms with Gasteiger partial charge in [0.05, 0.1) is 17.6 Å². The van der Waals surface area contributed by atoms with Crippen molar-refractivity contribution in [1.29, 1.82) is 0 Å². The van der Waals surface area contributed by atoms with E-state index in [-0.39, 0.29) is 0 Å². The van der Waals surface area contributed by atoms with Crippen LogP contribution in [0.4, 0.5) is 0 Å². The largest absolute Gasteiger partial charge is 0.488 e. The molecule has 1 aliphatic carbocycles. The number of benzene rings is 2. The average Bonchev–Trinajstić information content (AvgIpc) is 3.54. The maximum atomic E-state index is 6.29. The molecule has 0 bridgehead atoms. The molecule has 0 saturated carbocycles. The smallest absolute Gasteiger partial charge is 0.128 e. The Hall–Kier alpha value is -3.34. The second kappa shape index (κ2) is 8.15. The number of aromatic nitrogens is 4. The number of hydrogen-bond donors (Lipinski definition) is 2. The summed E-state index contributed by atoms with van der Waals surface area (Å²) in [6, 6.07) is 11.2. The number of aromatic amines is 2. The quantitative estimate of drug-likeness (QED) is 0.338. The summed E-state index contributed by atoms with van der Waals surface area (Å²) in [6.45, 7) is 9.42. The highest BCUT2D eigenvalue weighted by molar-refractivity contribution is 5.83. The molecule has 6 rings (SSSR count). The number of fused-ring (bicyclic) bond motifs is 6. The van der Waals surface area contributed by atoms with E-state index in [4.69, 9.17) is 9.72 Å². The highest BCUT2D eigenvalue weighted by Gasteiger charge is 2.26. The topological polar surface area (TPSA) is 66.6 Å². The van der Waals surface area contributed by atoms with Gasteiger partial charge in [-0.05, 0) is 66.1 Å². The van der Waals surface area contributed by atoms with E-state index >= 15 is 0 Å². The molecule has 174 valence electrons. The number of aryl methyl sites for hydroxylation is 2. The number of hydrogen-bond acceptors (Lipinski definition) is 3. The van der Waals surface area contributed by atoms with Crippen LogP contribution in [-0.2, 0) is 19.4 Å². The number of ether oxygens (including phenoxy) is 1. The zero-order valence-corrected chi connectivity index (χ0v) is 20.5. The van der Waals surface area contributed by atoms with E-state index in [0.717, 1.165) is 60.0 Å². The molecule has 2 aliphatic rings. The minimum absolute atomic E-state index is 0.434. The van der Waals surface area contributed by atoms with E-state index in [9.17, 15) is 0 Å². The Labute approximate surface area is 201 Å². The summed E-state index contributed by atoms with van der Waals surface area (Å²) < 4.78 is 6.29. The van der Waals surface area contributed by atoms with Gasteiger partial charge in [-0.25, -0.2) is 9.97 Å². The van der Waals surface area contributed by atoms with Gasteiger partial charge in [0, 0.05) is 28.7 Å². The van der Waals surface area contributed by atoms with Crippen molar-refractivity contribution in [3.05, 3.63) is 65.0 Å². The van der Waals surface area contributed by atoms with Gasteiger partial charge in [0.1, 0.15) is 24.0 Å². The van der Waals surface area contributed by atoms with Crippen LogP contribution < -0.4 is 4.74 Å². The second-order valence-corrected chi connectivity index (χ2v) is 9.92. The SMILES string of the molecule is CCC(C)c1ncc(-c2ccc3c(c2)COc2cc4c(cc2-3)CCc2[nH]c(C(C)CC)nc2-4)[nH]1. The molecule has 0 saturated heterocycles. The molecule has 0 spiro atoms. The van der Waals surface area contributed by atoms with Crippen LogP contribution in [0.2, 0.25) is 0 Å². The molecule has 5 heteroatoms. The summed E-state index contributed by atoms with van der Waals surface area (Å²) >= 11 is 0. The molecule has 2 atom stereocenters. The lowest BCUT2D eigenvalue weighted by molar-refractivity contribution is 0.302. The van der Waals surface area contributed by atoms with Crippen LogP contribution in [0.25, 0.3) is 33.6 Å². The average molecular weight is 453 g/mol. The van der Waals surface area contributed by atoms with Crippen molar-refractivity contribution in [3.8, 4) is 39.4 Å². The molecule has 5 nitrogen and oxygen atoms in total. The van der Waals surface area contributed by atoms with Gasteiger partial charge < -0.3 is 14.7 Å². The molecule has 4 aromatic rings. The minimum atomic E-state index is 0.434. The van der Waals surface area contributed by atoms with Crippen LogP contribution in [0.15, 0.2) is 36.5 Å². The zero-order valence-electron chi connectivity index (χ0n) is 20.5. The van der Waals surface area contributed by atoms with Crippen LogP contribution >= 0.6 is 0 Å². The number of nitrogens with one attached hydrogen (secondary N) is 2. The predicted octanol–water partition coefficient (Wildman–Crippen LogP) is 7.15. The summed E-state index contributed by atoms with van der Waals surface area (Å²) in [5.74, 6) is 3.99. The first-order valence-corrected chi connectivity index (χ1v) is 12.6.